The first-order chi connectivity index (χ1) is 9.06. The lowest BCUT2D eigenvalue weighted by Crippen LogP contribution is -2.18. The second-order valence-electron chi connectivity index (χ2n) is 4.39. The van der Waals surface area contributed by atoms with Gasteiger partial charge in [0.25, 0.3) is 0 Å². The van der Waals surface area contributed by atoms with Crippen molar-refractivity contribution in [3.8, 4) is 0 Å². The van der Waals surface area contributed by atoms with Crippen LogP contribution in [0.4, 0.5) is 0 Å². The maximum absolute atomic E-state index is 6.18. The van der Waals surface area contributed by atoms with Crippen molar-refractivity contribution in [2.45, 2.75) is 19.5 Å². The van der Waals surface area contributed by atoms with Gasteiger partial charge in [-0.15, -0.1) is 0 Å². The molecule has 0 amide bonds. The van der Waals surface area contributed by atoms with Gasteiger partial charge in [0.05, 0.1) is 0 Å². The molecular weight excluding hydrogens is 389 g/mol. The molecule has 0 radical (unpaired) electrons. The summed E-state index contributed by atoms with van der Waals surface area (Å²) < 4.78 is 2.14. The summed E-state index contributed by atoms with van der Waals surface area (Å²) in [6.07, 6.45) is 0. The van der Waals surface area contributed by atoms with Crippen LogP contribution in [0.15, 0.2) is 51.4 Å². The van der Waals surface area contributed by atoms with E-state index >= 15 is 0 Å². The van der Waals surface area contributed by atoms with E-state index in [-0.39, 0.29) is 6.04 Å². The summed E-state index contributed by atoms with van der Waals surface area (Å²) in [5.41, 5.74) is 2.35. The molecule has 0 saturated carbocycles. The van der Waals surface area contributed by atoms with Gasteiger partial charge in [-0.1, -0.05) is 55.6 Å². The highest BCUT2D eigenvalue weighted by Crippen LogP contribution is 2.22. The van der Waals surface area contributed by atoms with Crippen LogP contribution in [0, 0.1) is 0 Å². The van der Waals surface area contributed by atoms with Gasteiger partial charge in [0.2, 0.25) is 0 Å². The third-order valence-electron chi connectivity index (χ3n) is 2.96. The minimum atomic E-state index is 0.271. The van der Waals surface area contributed by atoms with E-state index in [1.165, 1.54) is 5.56 Å². The third-order valence-corrected chi connectivity index (χ3v) is 4.31. The quantitative estimate of drug-likeness (QED) is 0.689. The summed E-state index contributed by atoms with van der Waals surface area (Å²) in [5.74, 6) is 0. The Bertz CT molecular complexity index is 572. The Balaban J connectivity index is 2.04. The first-order valence-corrected chi connectivity index (χ1v) is 7.95. The van der Waals surface area contributed by atoms with E-state index in [4.69, 9.17) is 11.6 Å². The van der Waals surface area contributed by atoms with E-state index in [0.717, 1.165) is 26.1 Å². The molecule has 100 valence electrons. The van der Waals surface area contributed by atoms with Crippen molar-refractivity contribution < 1.29 is 0 Å². The maximum atomic E-state index is 6.18. The molecule has 1 atom stereocenters. The summed E-state index contributed by atoms with van der Waals surface area (Å²) in [7, 11) is 0. The number of benzene rings is 2. The standard InChI is InChI=1S/C15H14Br2ClN/c1-10(11-3-2-4-13(16)7-11)19-9-12-8-14(17)5-6-15(12)18/h2-8,10,19H,9H2,1H3/t10-/m0/s1. The zero-order chi connectivity index (χ0) is 13.8. The van der Waals surface area contributed by atoms with E-state index in [1.807, 2.05) is 30.3 Å². The van der Waals surface area contributed by atoms with Crippen molar-refractivity contribution >= 4 is 43.5 Å². The second-order valence-corrected chi connectivity index (χ2v) is 6.63. The molecule has 19 heavy (non-hydrogen) atoms. The lowest BCUT2D eigenvalue weighted by molar-refractivity contribution is 0.574. The third kappa shape index (κ3) is 4.32. The normalized spacial score (nSPS) is 12.4. The SMILES string of the molecule is C[C@H](NCc1cc(Br)ccc1Cl)c1cccc(Br)c1. The summed E-state index contributed by atoms with van der Waals surface area (Å²) in [6.45, 7) is 2.89. The molecule has 0 heterocycles. The summed E-state index contributed by atoms with van der Waals surface area (Å²) in [5, 5.41) is 4.27. The number of hydrogen-bond donors (Lipinski definition) is 1. The van der Waals surface area contributed by atoms with Crippen LogP contribution in [0.3, 0.4) is 0 Å². The molecule has 4 heteroatoms. The van der Waals surface area contributed by atoms with Gasteiger partial charge in [-0.2, -0.15) is 0 Å². The van der Waals surface area contributed by atoms with Gasteiger partial charge in [0.15, 0.2) is 0 Å². The smallest absolute Gasteiger partial charge is 0.0451 e. The van der Waals surface area contributed by atoms with E-state index in [2.05, 4.69) is 56.2 Å². The molecule has 0 spiro atoms. The molecule has 0 unspecified atom stereocenters. The van der Waals surface area contributed by atoms with Gasteiger partial charge < -0.3 is 5.32 Å². The second kappa shape index (κ2) is 6.89. The molecule has 0 aliphatic carbocycles. The van der Waals surface area contributed by atoms with Crippen LogP contribution in [0.5, 0.6) is 0 Å². The summed E-state index contributed by atoms with van der Waals surface area (Å²) >= 11 is 13.1. The summed E-state index contributed by atoms with van der Waals surface area (Å²) in [4.78, 5) is 0. The fourth-order valence-electron chi connectivity index (χ4n) is 1.84. The number of hydrogen-bond acceptors (Lipinski definition) is 1. The molecule has 0 aromatic heterocycles. The maximum Gasteiger partial charge on any atom is 0.0451 e. The van der Waals surface area contributed by atoms with Crippen molar-refractivity contribution in [3.63, 3.8) is 0 Å². The fourth-order valence-corrected chi connectivity index (χ4v) is 2.85. The lowest BCUT2D eigenvalue weighted by atomic mass is 10.1. The Morgan fingerprint density at radius 1 is 1.11 bits per heavy atom. The highest BCUT2D eigenvalue weighted by atomic mass is 79.9. The van der Waals surface area contributed by atoms with Gasteiger partial charge in [-0.05, 0) is 48.4 Å². The van der Waals surface area contributed by atoms with Crippen LogP contribution < -0.4 is 5.32 Å². The van der Waals surface area contributed by atoms with Gasteiger partial charge in [-0.25, -0.2) is 0 Å². The van der Waals surface area contributed by atoms with Crippen molar-refractivity contribution in [1.82, 2.24) is 5.32 Å². The van der Waals surface area contributed by atoms with Crippen LogP contribution in [0.1, 0.15) is 24.1 Å². The fraction of sp³-hybridized carbons (Fsp3) is 0.200. The van der Waals surface area contributed by atoms with Crippen molar-refractivity contribution in [1.29, 1.82) is 0 Å². The average Bonchev–Trinajstić information content (AvgIpc) is 2.39. The Kier molecular flexibility index (Phi) is 5.46. The molecule has 0 aliphatic heterocycles. The average molecular weight is 404 g/mol. The minimum absolute atomic E-state index is 0.271. The van der Waals surface area contributed by atoms with Crippen LogP contribution in [-0.2, 0) is 6.54 Å². The Labute approximate surface area is 135 Å². The predicted molar refractivity (Wildman–Crippen MR) is 88.5 cm³/mol. The molecular formula is C15H14Br2ClN. The number of halogens is 3. The zero-order valence-electron chi connectivity index (χ0n) is 10.5. The minimum Gasteiger partial charge on any atom is -0.306 e. The zero-order valence-corrected chi connectivity index (χ0v) is 14.4. The Morgan fingerprint density at radius 2 is 1.84 bits per heavy atom. The number of nitrogens with one attached hydrogen (secondary N) is 1. The first-order valence-electron chi connectivity index (χ1n) is 5.99. The molecule has 0 saturated heterocycles. The molecule has 2 aromatic carbocycles. The molecule has 0 fully saturated rings. The topological polar surface area (TPSA) is 12.0 Å². The predicted octanol–water partition coefficient (Wildman–Crippen LogP) is 5.72. The van der Waals surface area contributed by atoms with E-state index in [9.17, 15) is 0 Å². The monoisotopic (exact) mass is 401 g/mol. The highest BCUT2D eigenvalue weighted by Gasteiger charge is 2.07. The highest BCUT2D eigenvalue weighted by molar-refractivity contribution is 9.10. The van der Waals surface area contributed by atoms with E-state index in [0.29, 0.717) is 0 Å². The molecule has 0 aliphatic rings. The van der Waals surface area contributed by atoms with Gasteiger partial charge >= 0.3 is 0 Å². The molecule has 1 nitrogen and oxygen atoms in total. The van der Waals surface area contributed by atoms with Gasteiger partial charge in [-0.3, -0.25) is 0 Å². The van der Waals surface area contributed by atoms with Crippen LogP contribution in [0.25, 0.3) is 0 Å². The van der Waals surface area contributed by atoms with Crippen LogP contribution in [0.2, 0.25) is 5.02 Å². The molecule has 2 aromatic rings. The van der Waals surface area contributed by atoms with Crippen molar-refractivity contribution in [2.24, 2.45) is 0 Å². The van der Waals surface area contributed by atoms with Crippen LogP contribution >= 0.6 is 43.5 Å². The van der Waals surface area contributed by atoms with Crippen LogP contribution in [-0.4, -0.2) is 0 Å². The first kappa shape index (κ1) is 15.0. The molecule has 0 bridgehead atoms. The van der Waals surface area contributed by atoms with Gasteiger partial charge in [0.1, 0.15) is 0 Å². The molecule has 1 N–H and O–H groups in total. The van der Waals surface area contributed by atoms with E-state index < -0.39 is 0 Å². The Hall–Kier alpha value is -0.350. The van der Waals surface area contributed by atoms with E-state index in [1.54, 1.807) is 0 Å². The largest absolute Gasteiger partial charge is 0.306 e. The number of rotatable bonds is 4. The van der Waals surface area contributed by atoms with Crippen molar-refractivity contribution in [3.05, 3.63) is 67.6 Å². The molecule has 2 rings (SSSR count). The van der Waals surface area contributed by atoms with Crippen molar-refractivity contribution in [2.75, 3.05) is 0 Å². The summed E-state index contributed by atoms with van der Waals surface area (Å²) in [6, 6.07) is 14.5. The Morgan fingerprint density at radius 3 is 2.58 bits per heavy atom. The van der Waals surface area contributed by atoms with Gasteiger partial charge in [0, 0.05) is 26.6 Å². The lowest BCUT2D eigenvalue weighted by Gasteiger charge is -2.15.